The van der Waals surface area contributed by atoms with Crippen LogP contribution in [0.25, 0.3) is 0 Å². The number of anilines is 1. The second-order valence-corrected chi connectivity index (χ2v) is 9.19. The van der Waals surface area contributed by atoms with Gasteiger partial charge < -0.3 is 5.32 Å². The number of hydrogen-bond acceptors (Lipinski definition) is 4. The fraction of sp³-hybridized carbons (Fsp3) is 0.368. The Bertz CT molecular complexity index is 928. The number of pyridine rings is 1. The van der Waals surface area contributed by atoms with Crippen molar-refractivity contribution in [2.75, 3.05) is 18.4 Å². The lowest BCUT2D eigenvalue weighted by Crippen LogP contribution is -2.30. The fourth-order valence-electron chi connectivity index (χ4n) is 3.76. The van der Waals surface area contributed by atoms with Crippen LogP contribution in [0.5, 0.6) is 0 Å². The maximum Gasteiger partial charge on any atom is 0.243 e. The van der Waals surface area contributed by atoms with E-state index >= 15 is 0 Å². The van der Waals surface area contributed by atoms with Crippen molar-refractivity contribution in [1.82, 2.24) is 9.29 Å². The van der Waals surface area contributed by atoms with E-state index < -0.39 is 10.0 Å². The Morgan fingerprint density at radius 3 is 2.73 bits per heavy atom. The average molecular weight is 371 g/mol. The maximum atomic E-state index is 12.8. The van der Waals surface area contributed by atoms with Gasteiger partial charge in [0.05, 0.1) is 16.8 Å². The van der Waals surface area contributed by atoms with E-state index in [1.165, 1.54) is 4.31 Å². The molecule has 2 atom stereocenters. The molecule has 1 saturated heterocycles. The smallest absolute Gasteiger partial charge is 0.243 e. The van der Waals surface area contributed by atoms with Crippen molar-refractivity contribution >= 4 is 21.6 Å². The van der Waals surface area contributed by atoms with Crippen LogP contribution in [-0.4, -0.2) is 36.7 Å². The van der Waals surface area contributed by atoms with Gasteiger partial charge in [0, 0.05) is 25.2 Å². The molecular weight excluding hydrogens is 350 g/mol. The predicted molar refractivity (Wildman–Crippen MR) is 98.0 cm³/mol. The maximum absolute atomic E-state index is 12.8. The van der Waals surface area contributed by atoms with E-state index in [0.29, 0.717) is 23.7 Å². The van der Waals surface area contributed by atoms with Gasteiger partial charge in [0.15, 0.2) is 0 Å². The van der Waals surface area contributed by atoms with Gasteiger partial charge in [-0.05, 0) is 49.4 Å². The van der Waals surface area contributed by atoms with Crippen LogP contribution >= 0.6 is 0 Å². The lowest BCUT2D eigenvalue weighted by atomic mass is 10.0. The molecule has 0 radical (unpaired) electrons. The normalized spacial score (nSPS) is 25.3. The fourth-order valence-corrected chi connectivity index (χ4v) is 5.29. The molecule has 2 aromatic rings. The van der Waals surface area contributed by atoms with E-state index in [2.05, 4.69) is 10.3 Å². The number of carbonyl (C=O) groups is 1. The molecule has 1 amide bonds. The highest BCUT2D eigenvalue weighted by molar-refractivity contribution is 7.89. The highest BCUT2D eigenvalue weighted by Gasteiger charge is 2.62. The number of nitrogens with one attached hydrogen (secondary N) is 1. The van der Waals surface area contributed by atoms with E-state index in [0.717, 1.165) is 18.4 Å². The molecule has 1 aromatic carbocycles. The Hall–Kier alpha value is -2.25. The second kappa shape index (κ2) is 6.17. The summed E-state index contributed by atoms with van der Waals surface area (Å²) in [5, 5.41) is 2.88. The molecule has 136 valence electrons. The molecular formula is C19H21N3O3S. The largest absolute Gasteiger partial charge is 0.324 e. The van der Waals surface area contributed by atoms with Gasteiger partial charge in [-0.15, -0.1) is 0 Å². The Balaban J connectivity index is 1.44. The summed E-state index contributed by atoms with van der Waals surface area (Å²) in [6.07, 6.45) is 4.72. The number of carbonyl (C=O) groups excluding carboxylic acids is 1. The van der Waals surface area contributed by atoms with Crippen LogP contribution in [0.4, 0.5) is 5.69 Å². The summed E-state index contributed by atoms with van der Waals surface area (Å²) in [6.45, 7) is 2.80. The Labute approximate surface area is 153 Å². The summed E-state index contributed by atoms with van der Waals surface area (Å²) in [4.78, 5) is 16.8. The number of sulfonamides is 1. The minimum atomic E-state index is -3.50. The first-order chi connectivity index (χ1) is 12.4. The summed E-state index contributed by atoms with van der Waals surface area (Å²) in [7, 11) is -3.50. The van der Waals surface area contributed by atoms with E-state index in [1.807, 2.05) is 6.92 Å². The average Bonchev–Trinajstić information content (AvgIpc) is 3.15. The molecule has 1 aromatic heterocycles. The number of benzene rings is 1. The molecule has 2 heterocycles. The molecule has 1 aliphatic carbocycles. The van der Waals surface area contributed by atoms with Crippen molar-refractivity contribution in [2.45, 2.75) is 24.7 Å². The molecule has 4 rings (SSSR count). The molecule has 1 N–H and O–H groups in total. The summed E-state index contributed by atoms with van der Waals surface area (Å²) < 4.78 is 27.2. The zero-order valence-electron chi connectivity index (χ0n) is 14.6. The SMILES string of the molecule is Cc1ccc(S(=O)(=O)N2CC[C@]3(C[C@H]3C(=O)Nc3cccnc3)C2)cc1. The van der Waals surface area contributed by atoms with Crippen molar-refractivity contribution in [2.24, 2.45) is 11.3 Å². The van der Waals surface area contributed by atoms with E-state index in [4.69, 9.17) is 0 Å². The molecule has 6 nitrogen and oxygen atoms in total. The molecule has 1 saturated carbocycles. The van der Waals surface area contributed by atoms with Gasteiger partial charge >= 0.3 is 0 Å². The van der Waals surface area contributed by atoms with Crippen molar-refractivity contribution in [3.8, 4) is 0 Å². The third kappa shape index (κ3) is 3.01. The van der Waals surface area contributed by atoms with Crippen molar-refractivity contribution in [1.29, 1.82) is 0 Å². The van der Waals surface area contributed by atoms with Gasteiger partial charge in [-0.1, -0.05) is 17.7 Å². The van der Waals surface area contributed by atoms with Crippen LogP contribution in [-0.2, 0) is 14.8 Å². The van der Waals surface area contributed by atoms with Crippen LogP contribution in [0.1, 0.15) is 18.4 Å². The van der Waals surface area contributed by atoms with Crippen LogP contribution in [0, 0.1) is 18.3 Å². The van der Waals surface area contributed by atoms with E-state index in [-0.39, 0.29) is 17.2 Å². The highest BCUT2D eigenvalue weighted by Crippen LogP contribution is 2.59. The number of rotatable bonds is 4. The van der Waals surface area contributed by atoms with Gasteiger partial charge in [-0.25, -0.2) is 8.42 Å². The van der Waals surface area contributed by atoms with Gasteiger partial charge in [0.2, 0.25) is 15.9 Å². The van der Waals surface area contributed by atoms with Crippen molar-refractivity contribution < 1.29 is 13.2 Å². The first kappa shape index (κ1) is 17.2. The van der Waals surface area contributed by atoms with Gasteiger partial charge in [-0.2, -0.15) is 4.31 Å². The van der Waals surface area contributed by atoms with Crippen LogP contribution in [0.2, 0.25) is 0 Å². The van der Waals surface area contributed by atoms with E-state index in [9.17, 15) is 13.2 Å². The minimum Gasteiger partial charge on any atom is -0.324 e. The molecule has 2 aliphatic rings. The summed E-state index contributed by atoms with van der Waals surface area (Å²) in [5.41, 5.74) is 1.47. The number of nitrogens with zero attached hydrogens (tertiary/aromatic N) is 2. The summed E-state index contributed by atoms with van der Waals surface area (Å²) >= 11 is 0. The first-order valence-electron chi connectivity index (χ1n) is 8.68. The Morgan fingerprint density at radius 2 is 2.04 bits per heavy atom. The van der Waals surface area contributed by atoms with Crippen molar-refractivity contribution in [3.63, 3.8) is 0 Å². The van der Waals surface area contributed by atoms with Gasteiger partial charge in [0.25, 0.3) is 0 Å². The molecule has 1 spiro atoms. The zero-order valence-corrected chi connectivity index (χ0v) is 15.4. The summed E-state index contributed by atoms with van der Waals surface area (Å²) in [5.74, 6) is -0.187. The molecule has 1 aliphatic heterocycles. The van der Waals surface area contributed by atoms with Crippen LogP contribution in [0.15, 0.2) is 53.7 Å². The molecule has 0 bridgehead atoms. The van der Waals surface area contributed by atoms with Gasteiger partial charge in [0.1, 0.15) is 0 Å². The van der Waals surface area contributed by atoms with E-state index in [1.54, 1.807) is 48.8 Å². The lowest BCUT2D eigenvalue weighted by Gasteiger charge is -2.17. The third-order valence-electron chi connectivity index (χ3n) is 5.44. The highest BCUT2D eigenvalue weighted by atomic mass is 32.2. The standard InChI is InChI=1S/C19H21N3O3S/c1-14-4-6-16(7-5-14)26(24,25)22-10-8-19(13-22)11-17(19)18(23)21-15-3-2-9-20-12-15/h2-7,9,12,17H,8,10-11,13H2,1H3,(H,21,23)/t17-,19-/m0/s1. The molecule has 2 fully saturated rings. The number of hydrogen-bond donors (Lipinski definition) is 1. The molecule has 0 unspecified atom stereocenters. The van der Waals surface area contributed by atoms with Crippen molar-refractivity contribution in [3.05, 3.63) is 54.4 Å². The minimum absolute atomic E-state index is 0.0485. The number of aromatic nitrogens is 1. The quantitative estimate of drug-likeness (QED) is 0.895. The predicted octanol–water partition coefficient (Wildman–Crippen LogP) is 2.43. The lowest BCUT2D eigenvalue weighted by molar-refractivity contribution is -0.118. The monoisotopic (exact) mass is 371 g/mol. The molecule has 7 heteroatoms. The third-order valence-corrected chi connectivity index (χ3v) is 7.30. The van der Waals surface area contributed by atoms with Crippen LogP contribution in [0.3, 0.4) is 0 Å². The number of amides is 1. The van der Waals surface area contributed by atoms with Crippen LogP contribution < -0.4 is 5.32 Å². The summed E-state index contributed by atoms with van der Waals surface area (Å²) in [6, 6.07) is 10.5. The Kier molecular flexibility index (Phi) is 4.08. The molecule has 26 heavy (non-hydrogen) atoms. The second-order valence-electron chi connectivity index (χ2n) is 7.25. The first-order valence-corrected chi connectivity index (χ1v) is 10.1. The number of aryl methyl sites for hydroxylation is 1. The topological polar surface area (TPSA) is 79.4 Å². The Morgan fingerprint density at radius 1 is 1.27 bits per heavy atom. The zero-order chi connectivity index (χ0) is 18.4. The van der Waals surface area contributed by atoms with Gasteiger partial charge in [-0.3, -0.25) is 9.78 Å².